The Balaban J connectivity index is 2.18. The lowest BCUT2D eigenvalue weighted by molar-refractivity contribution is -0.116. The Morgan fingerprint density at radius 1 is 1.30 bits per heavy atom. The average molecular weight is 336 g/mol. The van der Waals surface area contributed by atoms with Crippen molar-refractivity contribution in [1.29, 1.82) is 0 Å². The first-order chi connectivity index (χ1) is 9.34. The highest BCUT2D eigenvalue weighted by molar-refractivity contribution is 9.10. The Kier molecular flexibility index (Phi) is 2.98. The Bertz CT molecular complexity index is 623. The second-order valence-corrected chi connectivity index (χ2v) is 6.98. The number of hydrogen-bond acceptors (Lipinski definition) is 2. The van der Waals surface area contributed by atoms with Crippen molar-refractivity contribution in [2.24, 2.45) is 5.92 Å². The van der Waals surface area contributed by atoms with Crippen molar-refractivity contribution in [1.82, 2.24) is 5.32 Å². The van der Waals surface area contributed by atoms with E-state index in [2.05, 4.69) is 21.2 Å². The fraction of sp³-hybridized carbons (Fsp3) is 0.438. The molecule has 1 aromatic rings. The number of rotatable bonds is 2. The lowest BCUT2D eigenvalue weighted by atomic mass is 9.90. The van der Waals surface area contributed by atoms with Crippen molar-refractivity contribution in [2.75, 3.05) is 0 Å². The van der Waals surface area contributed by atoms with Gasteiger partial charge in [0.05, 0.1) is 11.1 Å². The Labute approximate surface area is 127 Å². The molecule has 0 bridgehead atoms. The van der Waals surface area contributed by atoms with Gasteiger partial charge in [-0.1, -0.05) is 15.9 Å². The molecule has 106 valence electrons. The molecule has 2 aliphatic rings. The standard InChI is InChI=1S/C16H18BrNO2/c1-8-6-11(17)7-9(2)12(8)13-14(19)16(3,10-4-5-10)18-15(13)20/h6-7,10,19H,4-5H2,1-3H3,(H,18,20). The maximum Gasteiger partial charge on any atom is 0.256 e. The fourth-order valence-corrected chi connectivity index (χ4v) is 3.90. The quantitative estimate of drug-likeness (QED) is 0.866. The van der Waals surface area contributed by atoms with Gasteiger partial charge in [-0.25, -0.2) is 0 Å². The first kappa shape index (κ1) is 13.7. The fourth-order valence-electron chi connectivity index (χ4n) is 3.22. The maximum atomic E-state index is 12.4. The molecule has 1 aromatic carbocycles. The van der Waals surface area contributed by atoms with Gasteiger partial charge in [0.15, 0.2) is 0 Å². The Hall–Kier alpha value is -1.29. The molecule has 1 saturated carbocycles. The predicted molar refractivity (Wildman–Crippen MR) is 82.4 cm³/mol. The van der Waals surface area contributed by atoms with E-state index >= 15 is 0 Å². The zero-order valence-corrected chi connectivity index (χ0v) is 13.5. The molecule has 0 spiro atoms. The van der Waals surface area contributed by atoms with Crippen LogP contribution >= 0.6 is 15.9 Å². The van der Waals surface area contributed by atoms with Gasteiger partial charge in [0, 0.05) is 4.47 Å². The highest BCUT2D eigenvalue weighted by Gasteiger charge is 2.52. The summed E-state index contributed by atoms with van der Waals surface area (Å²) in [5, 5.41) is 13.6. The van der Waals surface area contributed by atoms with E-state index in [0.717, 1.165) is 34.0 Å². The molecule has 1 aliphatic heterocycles. The number of aliphatic hydroxyl groups is 1. The highest BCUT2D eigenvalue weighted by atomic mass is 79.9. The molecule has 0 saturated heterocycles. The molecule has 1 heterocycles. The number of carbonyl (C=O) groups is 1. The number of aryl methyl sites for hydroxylation is 2. The van der Waals surface area contributed by atoms with Crippen LogP contribution in [0.25, 0.3) is 5.57 Å². The van der Waals surface area contributed by atoms with Gasteiger partial charge in [0.25, 0.3) is 5.91 Å². The van der Waals surface area contributed by atoms with Crippen LogP contribution in [-0.4, -0.2) is 16.6 Å². The Morgan fingerprint density at radius 3 is 2.35 bits per heavy atom. The molecule has 1 atom stereocenters. The molecule has 20 heavy (non-hydrogen) atoms. The third-order valence-electron chi connectivity index (χ3n) is 4.47. The molecule has 1 aliphatic carbocycles. The minimum absolute atomic E-state index is 0.162. The van der Waals surface area contributed by atoms with Crippen LogP contribution in [0, 0.1) is 19.8 Å². The number of amides is 1. The summed E-state index contributed by atoms with van der Waals surface area (Å²) in [7, 11) is 0. The minimum Gasteiger partial charge on any atom is -0.509 e. The summed E-state index contributed by atoms with van der Waals surface area (Å²) in [5.41, 5.74) is 2.70. The zero-order chi connectivity index (χ0) is 14.7. The number of carbonyl (C=O) groups excluding carboxylic acids is 1. The molecule has 1 unspecified atom stereocenters. The molecule has 3 rings (SSSR count). The molecular weight excluding hydrogens is 318 g/mol. The van der Waals surface area contributed by atoms with Gasteiger partial charge in [-0.3, -0.25) is 4.79 Å². The summed E-state index contributed by atoms with van der Waals surface area (Å²) < 4.78 is 0.986. The molecule has 0 radical (unpaired) electrons. The van der Waals surface area contributed by atoms with Gasteiger partial charge in [-0.05, 0) is 68.4 Å². The zero-order valence-electron chi connectivity index (χ0n) is 11.9. The summed E-state index contributed by atoms with van der Waals surface area (Å²) >= 11 is 3.46. The van der Waals surface area contributed by atoms with Crippen LogP contribution in [0.2, 0.25) is 0 Å². The summed E-state index contributed by atoms with van der Waals surface area (Å²) in [6, 6.07) is 3.95. The van der Waals surface area contributed by atoms with Gasteiger partial charge in [0.2, 0.25) is 0 Å². The number of hydrogen-bond donors (Lipinski definition) is 2. The van der Waals surface area contributed by atoms with Crippen molar-refractivity contribution in [3.63, 3.8) is 0 Å². The topological polar surface area (TPSA) is 49.3 Å². The second-order valence-electron chi connectivity index (χ2n) is 6.07. The summed E-state index contributed by atoms with van der Waals surface area (Å²) in [4.78, 5) is 12.4. The first-order valence-electron chi connectivity index (χ1n) is 6.88. The van der Waals surface area contributed by atoms with E-state index < -0.39 is 5.54 Å². The lowest BCUT2D eigenvalue weighted by Crippen LogP contribution is -2.43. The van der Waals surface area contributed by atoms with Gasteiger partial charge < -0.3 is 10.4 Å². The van der Waals surface area contributed by atoms with Crippen molar-refractivity contribution in [3.05, 3.63) is 39.1 Å². The summed E-state index contributed by atoms with van der Waals surface area (Å²) in [6.07, 6.45) is 2.12. The number of aliphatic hydroxyl groups excluding tert-OH is 1. The van der Waals surface area contributed by atoms with E-state index in [0.29, 0.717) is 11.5 Å². The molecule has 2 N–H and O–H groups in total. The monoisotopic (exact) mass is 335 g/mol. The van der Waals surface area contributed by atoms with Gasteiger partial charge >= 0.3 is 0 Å². The highest BCUT2D eigenvalue weighted by Crippen LogP contribution is 2.48. The maximum absolute atomic E-state index is 12.4. The number of nitrogens with one attached hydrogen (secondary N) is 1. The first-order valence-corrected chi connectivity index (χ1v) is 7.67. The van der Waals surface area contributed by atoms with E-state index in [1.54, 1.807) is 0 Å². The van der Waals surface area contributed by atoms with E-state index in [4.69, 9.17) is 0 Å². The Morgan fingerprint density at radius 2 is 1.85 bits per heavy atom. The molecule has 4 heteroatoms. The van der Waals surface area contributed by atoms with Crippen LogP contribution in [0.15, 0.2) is 22.4 Å². The van der Waals surface area contributed by atoms with Crippen LogP contribution in [0.5, 0.6) is 0 Å². The van der Waals surface area contributed by atoms with E-state index in [9.17, 15) is 9.90 Å². The largest absolute Gasteiger partial charge is 0.509 e. The molecule has 0 aromatic heterocycles. The SMILES string of the molecule is Cc1cc(Br)cc(C)c1C1=C(O)C(C)(C2CC2)NC1=O. The predicted octanol–water partition coefficient (Wildman–Crippen LogP) is 3.63. The van der Waals surface area contributed by atoms with Gasteiger partial charge in [0.1, 0.15) is 5.76 Å². The van der Waals surface area contributed by atoms with Crippen LogP contribution in [0.4, 0.5) is 0 Å². The van der Waals surface area contributed by atoms with Crippen molar-refractivity contribution in [3.8, 4) is 0 Å². The molecular formula is C16H18BrNO2. The minimum atomic E-state index is -0.585. The third-order valence-corrected chi connectivity index (χ3v) is 4.93. The molecule has 1 fully saturated rings. The summed E-state index contributed by atoms with van der Waals surface area (Å²) in [6.45, 7) is 5.86. The van der Waals surface area contributed by atoms with Crippen LogP contribution in [-0.2, 0) is 4.79 Å². The number of benzene rings is 1. The average Bonchev–Trinajstić information content (AvgIpc) is 3.13. The van der Waals surface area contributed by atoms with Gasteiger partial charge in [-0.15, -0.1) is 0 Å². The van der Waals surface area contributed by atoms with Gasteiger partial charge in [-0.2, -0.15) is 0 Å². The molecule has 3 nitrogen and oxygen atoms in total. The summed E-state index contributed by atoms with van der Waals surface area (Å²) in [5.74, 6) is 0.406. The normalized spacial score (nSPS) is 26.1. The molecule has 1 amide bonds. The van der Waals surface area contributed by atoms with E-state index in [-0.39, 0.29) is 11.7 Å². The van der Waals surface area contributed by atoms with Crippen molar-refractivity contribution < 1.29 is 9.90 Å². The van der Waals surface area contributed by atoms with Crippen LogP contribution < -0.4 is 5.32 Å². The van der Waals surface area contributed by atoms with Crippen molar-refractivity contribution >= 4 is 27.4 Å². The third kappa shape index (κ3) is 1.89. The number of halogens is 1. The van der Waals surface area contributed by atoms with Crippen LogP contribution in [0.3, 0.4) is 0 Å². The van der Waals surface area contributed by atoms with Crippen LogP contribution in [0.1, 0.15) is 36.5 Å². The van der Waals surface area contributed by atoms with Crippen molar-refractivity contribution in [2.45, 2.75) is 39.2 Å². The second kappa shape index (κ2) is 4.35. The van der Waals surface area contributed by atoms with E-state index in [1.165, 1.54) is 0 Å². The lowest BCUT2D eigenvalue weighted by Gasteiger charge is -2.24. The van der Waals surface area contributed by atoms with E-state index in [1.807, 2.05) is 32.9 Å². The smallest absolute Gasteiger partial charge is 0.256 e.